The summed E-state index contributed by atoms with van der Waals surface area (Å²) in [6, 6.07) is 6.29. The maximum atomic E-state index is 10.4. The third kappa shape index (κ3) is 5.38. The molecule has 0 radical (unpaired) electrons. The Labute approximate surface area is 108 Å². The van der Waals surface area contributed by atoms with Crippen LogP contribution in [-0.4, -0.2) is 17.1 Å². The summed E-state index contributed by atoms with van der Waals surface area (Å²) < 4.78 is 4.80. The molecule has 0 fully saturated rings. The highest BCUT2D eigenvalue weighted by atomic mass is 35.5. The van der Waals surface area contributed by atoms with Crippen LogP contribution in [0.1, 0.15) is 0 Å². The lowest BCUT2D eigenvalue weighted by atomic mass is 10.5. The quantitative estimate of drug-likeness (QED) is 0.869. The average molecular weight is 273 g/mol. The van der Waals surface area contributed by atoms with Gasteiger partial charge < -0.3 is 9.72 Å². The molecule has 0 amide bonds. The number of methoxy groups -OCH3 is 1. The Morgan fingerprint density at radius 3 is 2.35 bits per heavy atom. The second-order valence-corrected chi connectivity index (χ2v) is 3.76. The van der Waals surface area contributed by atoms with Gasteiger partial charge in [0.25, 0.3) is 0 Å². The van der Waals surface area contributed by atoms with Crippen molar-refractivity contribution in [2.45, 2.75) is 0 Å². The van der Waals surface area contributed by atoms with Crippen LogP contribution in [-0.2, 0) is 0 Å². The molecule has 0 bridgehead atoms. The third-order valence-electron chi connectivity index (χ3n) is 1.64. The summed E-state index contributed by atoms with van der Waals surface area (Å²) in [5.41, 5.74) is -0.169. The van der Waals surface area contributed by atoms with E-state index in [0.29, 0.717) is 15.9 Å². The molecule has 6 heteroatoms. The number of aromatic nitrogens is 2. The first kappa shape index (κ1) is 13.5. The number of rotatable bonds is 1. The van der Waals surface area contributed by atoms with Gasteiger partial charge in [-0.15, -0.1) is 0 Å². The number of hydrogen-bond donors (Lipinski definition) is 1. The zero-order valence-electron chi connectivity index (χ0n) is 8.98. The van der Waals surface area contributed by atoms with E-state index in [2.05, 4.69) is 9.97 Å². The number of hydrogen-bond acceptors (Lipinski definition) is 3. The second kappa shape index (κ2) is 6.93. The van der Waals surface area contributed by atoms with Crippen molar-refractivity contribution in [2.75, 3.05) is 7.11 Å². The normalized spacial score (nSPS) is 9.12. The third-order valence-corrected chi connectivity index (χ3v) is 2.11. The summed E-state index contributed by atoms with van der Waals surface area (Å²) in [4.78, 5) is 16.6. The lowest BCUT2D eigenvalue weighted by Gasteiger charge is -1.95. The zero-order chi connectivity index (χ0) is 12.7. The maximum Gasteiger partial charge on any atom is 0.249 e. The van der Waals surface area contributed by atoms with Gasteiger partial charge in [0, 0.05) is 34.6 Å². The number of halogens is 2. The SMILES string of the molecule is COc1cc(Cl)ccn1.O=c1cc(Cl)cc[nH]1. The van der Waals surface area contributed by atoms with Crippen LogP contribution in [0.15, 0.2) is 41.5 Å². The molecule has 0 aliphatic heterocycles. The monoisotopic (exact) mass is 272 g/mol. The Bertz CT molecular complexity index is 529. The Balaban J connectivity index is 0.000000171. The first-order chi connectivity index (χ1) is 8.11. The van der Waals surface area contributed by atoms with Crippen molar-refractivity contribution in [3.63, 3.8) is 0 Å². The van der Waals surface area contributed by atoms with E-state index in [1.165, 1.54) is 12.3 Å². The number of aromatic amines is 1. The predicted octanol–water partition coefficient (Wildman–Crippen LogP) is 2.77. The Morgan fingerprint density at radius 1 is 1.24 bits per heavy atom. The Morgan fingerprint density at radius 2 is 1.94 bits per heavy atom. The van der Waals surface area contributed by atoms with Crippen LogP contribution in [0.5, 0.6) is 5.88 Å². The molecular weight excluding hydrogens is 263 g/mol. The lowest BCUT2D eigenvalue weighted by Crippen LogP contribution is -2.00. The van der Waals surface area contributed by atoms with Crippen molar-refractivity contribution in [1.29, 1.82) is 0 Å². The van der Waals surface area contributed by atoms with E-state index >= 15 is 0 Å². The fourth-order valence-corrected chi connectivity index (χ4v) is 1.23. The van der Waals surface area contributed by atoms with Crippen LogP contribution in [0.3, 0.4) is 0 Å². The topological polar surface area (TPSA) is 55.0 Å². The summed E-state index contributed by atoms with van der Waals surface area (Å²) in [6.45, 7) is 0. The molecule has 0 aromatic carbocycles. The van der Waals surface area contributed by atoms with E-state index in [4.69, 9.17) is 27.9 Å². The smallest absolute Gasteiger partial charge is 0.249 e. The highest BCUT2D eigenvalue weighted by Crippen LogP contribution is 2.12. The van der Waals surface area contributed by atoms with Gasteiger partial charge in [0.05, 0.1) is 7.11 Å². The summed E-state index contributed by atoms with van der Waals surface area (Å²) >= 11 is 11.0. The van der Waals surface area contributed by atoms with Gasteiger partial charge in [-0.3, -0.25) is 4.79 Å². The molecule has 90 valence electrons. The van der Waals surface area contributed by atoms with Crippen molar-refractivity contribution in [2.24, 2.45) is 0 Å². The minimum absolute atomic E-state index is 0.169. The predicted molar refractivity (Wildman–Crippen MR) is 67.9 cm³/mol. The molecule has 2 heterocycles. The van der Waals surface area contributed by atoms with Crippen molar-refractivity contribution in [1.82, 2.24) is 9.97 Å². The van der Waals surface area contributed by atoms with Crippen LogP contribution in [0, 0.1) is 0 Å². The minimum atomic E-state index is -0.169. The molecule has 0 unspecified atom stereocenters. The molecule has 0 saturated carbocycles. The van der Waals surface area contributed by atoms with E-state index in [-0.39, 0.29) is 5.56 Å². The molecular formula is C11H10Cl2N2O2. The summed E-state index contributed by atoms with van der Waals surface area (Å²) in [5.74, 6) is 0.544. The van der Waals surface area contributed by atoms with Crippen LogP contribution in [0.25, 0.3) is 0 Å². The molecule has 0 aliphatic carbocycles. The van der Waals surface area contributed by atoms with Gasteiger partial charge in [-0.05, 0) is 12.1 Å². The molecule has 4 nitrogen and oxygen atoms in total. The van der Waals surface area contributed by atoms with Crippen LogP contribution < -0.4 is 10.3 Å². The average Bonchev–Trinajstić information content (AvgIpc) is 2.29. The van der Waals surface area contributed by atoms with E-state index in [9.17, 15) is 4.79 Å². The molecule has 0 saturated heterocycles. The number of H-pyrrole nitrogens is 1. The van der Waals surface area contributed by atoms with Crippen molar-refractivity contribution in [3.05, 3.63) is 57.1 Å². The summed E-state index contributed by atoms with van der Waals surface area (Å²) in [5, 5.41) is 1.11. The number of nitrogens with one attached hydrogen (secondary N) is 1. The van der Waals surface area contributed by atoms with Gasteiger partial charge in [0.2, 0.25) is 11.4 Å². The summed E-state index contributed by atoms with van der Waals surface area (Å²) in [7, 11) is 1.55. The van der Waals surface area contributed by atoms with Crippen LogP contribution in [0.4, 0.5) is 0 Å². The van der Waals surface area contributed by atoms with Crippen LogP contribution >= 0.6 is 23.2 Å². The molecule has 0 aliphatic rings. The van der Waals surface area contributed by atoms with Gasteiger partial charge in [-0.25, -0.2) is 4.98 Å². The molecule has 2 aromatic rings. The second-order valence-electron chi connectivity index (χ2n) is 2.89. The highest BCUT2D eigenvalue weighted by molar-refractivity contribution is 6.30. The van der Waals surface area contributed by atoms with Crippen LogP contribution in [0.2, 0.25) is 10.0 Å². The molecule has 1 N–H and O–H groups in total. The number of pyridine rings is 2. The Kier molecular flexibility index (Phi) is 5.52. The largest absolute Gasteiger partial charge is 0.481 e. The van der Waals surface area contributed by atoms with E-state index in [1.807, 2.05) is 0 Å². The Hall–Kier alpha value is -1.52. The van der Waals surface area contributed by atoms with E-state index in [0.717, 1.165) is 0 Å². The minimum Gasteiger partial charge on any atom is -0.481 e. The summed E-state index contributed by atoms with van der Waals surface area (Å²) in [6.07, 6.45) is 3.10. The first-order valence-corrected chi connectivity index (χ1v) is 5.37. The fraction of sp³-hybridized carbons (Fsp3) is 0.0909. The van der Waals surface area contributed by atoms with E-state index in [1.54, 1.807) is 31.5 Å². The van der Waals surface area contributed by atoms with Gasteiger partial charge >= 0.3 is 0 Å². The standard InChI is InChI=1S/C6H6ClNO.C5H4ClNO/c1-9-6-4-5(7)2-3-8-6;6-4-1-2-7-5(8)3-4/h2-4H,1H3;1-3H,(H,7,8). The van der Waals surface area contributed by atoms with Crippen molar-refractivity contribution < 1.29 is 4.74 Å². The molecule has 0 spiro atoms. The van der Waals surface area contributed by atoms with Gasteiger partial charge in [0.1, 0.15) is 0 Å². The van der Waals surface area contributed by atoms with Gasteiger partial charge in [0.15, 0.2) is 0 Å². The maximum absolute atomic E-state index is 10.4. The number of ether oxygens (including phenoxy) is 1. The molecule has 2 aromatic heterocycles. The molecule has 2 rings (SSSR count). The highest BCUT2D eigenvalue weighted by Gasteiger charge is 1.90. The van der Waals surface area contributed by atoms with Gasteiger partial charge in [-0.1, -0.05) is 23.2 Å². The fourth-order valence-electron chi connectivity index (χ4n) is 0.915. The van der Waals surface area contributed by atoms with Gasteiger partial charge in [-0.2, -0.15) is 0 Å². The number of nitrogens with zero attached hydrogens (tertiary/aromatic N) is 1. The van der Waals surface area contributed by atoms with Crippen molar-refractivity contribution >= 4 is 23.2 Å². The van der Waals surface area contributed by atoms with Crippen molar-refractivity contribution in [3.8, 4) is 5.88 Å². The molecule has 17 heavy (non-hydrogen) atoms. The first-order valence-electron chi connectivity index (χ1n) is 4.61. The lowest BCUT2D eigenvalue weighted by molar-refractivity contribution is 0.398. The molecule has 0 atom stereocenters. The van der Waals surface area contributed by atoms with E-state index < -0.39 is 0 Å². The zero-order valence-corrected chi connectivity index (χ0v) is 10.5.